The molecule has 0 aromatic heterocycles. The fraction of sp³-hybridized carbons (Fsp3) is 0.739. The van der Waals surface area contributed by atoms with Gasteiger partial charge in [0.05, 0.1) is 5.60 Å². The fourth-order valence-electron chi connectivity index (χ4n) is 6.04. The van der Waals surface area contributed by atoms with E-state index in [1.54, 1.807) is 0 Å². The monoisotopic (exact) mass is 379 g/mol. The molecule has 1 aromatic rings. The van der Waals surface area contributed by atoms with Gasteiger partial charge in [-0.15, -0.1) is 0 Å². The van der Waals surface area contributed by atoms with Gasteiger partial charge in [0, 0.05) is 18.5 Å². The van der Waals surface area contributed by atoms with Crippen LogP contribution in [0.3, 0.4) is 0 Å². The molecule has 4 heteroatoms. The van der Waals surface area contributed by atoms with E-state index >= 15 is 0 Å². The number of halogens is 2. The molecule has 0 radical (unpaired) electrons. The normalized spacial score (nSPS) is 33.2. The van der Waals surface area contributed by atoms with E-state index in [0.717, 1.165) is 45.1 Å². The number of hydrogen-bond acceptors (Lipinski definition) is 2. The van der Waals surface area contributed by atoms with Crippen LogP contribution >= 0.6 is 0 Å². The number of rotatable bonds is 6. The molecule has 1 saturated carbocycles. The zero-order valence-electron chi connectivity index (χ0n) is 17.5. The first-order valence-corrected chi connectivity index (χ1v) is 10.8. The summed E-state index contributed by atoms with van der Waals surface area (Å²) in [4.78, 5) is 6.57. The van der Waals surface area contributed by atoms with Gasteiger partial charge in [-0.25, -0.2) is 8.78 Å². The van der Waals surface area contributed by atoms with Crippen molar-refractivity contribution in [1.82, 2.24) is 5.06 Å². The Morgan fingerprint density at radius 1 is 1.04 bits per heavy atom. The minimum atomic E-state index is -0.343. The fourth-order valence-corrected chi connectivity index (χ4v) is 6.04. The average Bonchev–Trinajstić information content (AvgIpc) is 3.03. The maximum Gasteiger partial charge on any atom is 0.127 e. The lowest BCUT2D eigenvalue weighted by atomic mass is 9.55. The molecule has 1 aliphatic heterocycles. The van der Waals surface area contributed by atoms with E-state index in [1.165, 1.54) is 18.2 Å². The molecule has 1 heterocycles. The zero-order chi connectivity index (χ0) is 19.8. The predicted molar refractivity (Wildman–Crippen MR) is 105 cm³/mol. The summed E-state index contributed by atoms with van der Waals surface area (Å²) in [5.41, 5.74) is 0.0492. The minimum Gasteiger partial charge on any atom is -0.292 e. The second-order valence-electron chi connectivity index (χ2n) is 8.53. The van der Waals surface area contributed by atoms with E-state index in [4.69, 9.17) is 4.84 Å². The Morgan fingerprint density at radius 2 is 1.74 bits per heavy atom. The predicted octanol–water partition coefficient (Wildman–Crippen LogP) is 6.24. The molecule has 4 atom stereocenters. The summed E-state index contributed by atoms with van der Waals surface area (Å²) in [5, 5.41) is 2.20. The van der Waals surface area contributed by atoms with Crippen LogP contribution < -0.4 is 0 Å². The van der Waals surface area contributed by atoms with Crippen molar-refractivity contribution in [2.24, 2.45) is 11.8 Å². The number of nitrogens with zero attached hydrogens (tertiary/aromatic N) is 1. The first-order chi connectivity index (χ1) is 12.9. The van der Waals surface area contributed by atoms with Crippen LogP contribution in [0.1, 0.15) is 78.7 Å². The van der Waals surface area contributed by atoms with E-state index in [1.807, 2.05) is 0 Å². The van der Waals surface area contributed by atoms with Crippen LogP contribution in [0, 0.1) is 23.5 Å². The van der Waals surface area contributed by atoms with Crippen molar-refractivity contribution in [1.29, 1.82) is 0 Å². The van der Waals surface area contributed by atoms with Crippen molar-refractivity contribution in [2.45, 2.75) is 90.2 Å². The van der Waals surface area contributed by atoms with Crippen LogP contribution in [-0.2, 0) is 10.3 Å². The second-order valence-corrected chi connectivity index (χ2v) is 8.53. The highest BCUT2D eigenvalue weighted by Crippen LogP contribution is 2.57. The lowest BCUT2D eigenvalue weighted by molar-refractivity contribution is -0.210. The van der Waals surface area contributed by atoms with E-state index in [0.29, 0.717) is 23.4 Å². The number of benzene rings is 1. The van der Waals surface area contributed by atoms with Gasteiger partial charge in [-0.05, 0) is 67.2 Å². The number of hydrogen-bond donors (Lipinski definition) is 0. The molecule has 2 nitrogen and oxygen atoms in total. The molecule has 2 fully saturated rings. The first-order valence-electron chi connectivity index (χ1n) is 10.8. The van der Waals surface area contributed by atoms with Gasteiger partial charge in [0.1, 0.15) is 11.6 Å². The Bertz CT molecular complexity index is 660. The largest absolute Gasteiger partial charge is 0.292 e. The van der Waals surface area contributed by atoms with E-state index < -0.39 is 0 Å². The first kappa shape index (κ1) is 20.7. The minimum absolute atomic E-state index is 0.196. The lowest BCUT2D eigenvalue weighted by Crippen LogP contribution is -2.51. The second kappa shape index (κ2) is 7.79. The third-order valence-electron chi connectivity index (χ3n) is 7.68. The van der Waals surface area contributed by atoms with Crippen LogP contribution in [0.15, 0.2) is 18.2 Å². The molecule has 0 bridgehead atoms. The highest BCUT2D eigenvalue weighted by molar-refractivity contribution is 5.30. The van der Waals surface area contributed by atoms with Crippen molar-refractivity contribution < 1.29 is 13.6 Å². The number of hydroxylamine groups is 2. The van der Waals surface area contributed by atoms with E-state index in [9.17, 15) is 8.78 Å². The molecule has 4 unspecified atom stereocenters. The van der Waals surface area contributed by atoms with Crippen molar-refractivity contribution >= 4 is 0 Å². The van der Waals surface area contributed by atoms with Crippen LogP contribution in [-0.4, -0.2) is 23.3 Å². The van der Waals surface area contributed by atoms with Gasteiger partial charge in [-0.2, -0.15) is 5.06 Å². The molecule has 3 rings (SSSR count). The van der Waals surface area contributed by atoms with Crippen LogP contribution in [0.25, 0.3) is 0 Å². The van der Waals surface area contributed by atoms with Gasteiger partial charge >= 0.3 is 0 Å². The molecule has 1 saturated heterocycles. The molecule has 27 heavy (non-hydrogen) atoms. The van der Waals surface area contributed by atoms with Crippen molar-refractivity contribution in [3.05, 3.63) is 35.4 Å². The van der Waals surface area contributed by atoms with Gasteiger partial charge in [-0.1, -0.05) is 41.0 Å². The quantitative estimate of drug-likeness (QED) is 0.580. The summed E-state index contributed by atoms with van der Waals surface area (Å²) >= 11 is 0. The molecular weight excluding hydrogens is 344 g/mol. The van der Waals surface area contributed by atoms with Gasteiger partial charge in [0.2, 0.25) is 0 Å². The van der Waals surface area contributed by atoms with E-state index in [2.05, 4.69) is 39.7 Å². The van der Waals surface area contributed by atoms with Gasteiger partial charge in [0.15, 0.2) is 0 Å². The highest BCUT2D eigenvalue weighted by Gasteiger charge is 2.59. The maximum absolute atomic E-state index is 14.9. The van der Waals surface area contributed by atoms with Crippen molar-refractivity contribution in [3.63, 3.8) is 0 Å². The molecule has 2 aliphatic rings. The summed E-state index contributed by atoms with van der Waals surface area (Å²) in [6.07, 6.45) is 5.51. The Labute approximate surface area is 163 Å². The summed E-state index contributed by atoms with van der Waals surface area (Å²) in [6, 6.07) is 4.34. The topological polar surface area (TPSA) is 12.5 Å². The smallest absolute Gasteiger partial charge is 0.127 e. The Balaban J connectivity index is 2.11. The van der Waals surface area contributed by atoms with Gasteiger partial charge in [-0.3, -0.25) is 4.84 Å². The molecule has 0 amide bonds. The van der Waals surface area contributed by atoms with Crippen LogP contribution in [0.4, 0.5) is 8.78 Å². The molecule has 1 aliphatic carbocycles. The molecule has 0 N–H and O–H groups in total. The Kier molecular flexibility index (Phi) is 5.98. The summed E-state index contributed by atoms with van der Waals surface area (Å²) in [5.74, 6) is 0.154. The lowest BCUT2D eigenvalue weighted by Gasteiger charge is -2.49. The van der Waals surface area contributed by atoms with Crippen molar-refractivity contribution in [2.75, 3.05) is 6.54 Å². The van der Waals surface area contributed by atoms with E-state index in [-0.39, 0.29) is 22.7 Å². The molecule has 1 aromatic carbocycles. The van der Waals surface area contributed by atoms with Crippen LogP contribution in [0.5, 0.6) is 0 Å². The standard InChI is InChI=1S/C23H35F2NO/c1-6-16-14-22(7-2,18-13-17(24)11-12-20(18)25)15-19-21(16)26(10-5)27-23(19,8-3)9-4/h11-13,16,19,21H,6-10,14-15H2,1-5H3. The molecule has 152 valence electrons. The molecule has 0 spiro atoms. The van der Waals surface area contributed by atoms with Crippen LogP contribution in [0.2, 0.25) is 0 Å². The summed E-state index contributed by atoms with van der Waals surface area (Å²) < 4.78 is 28.9. The van der Waals surface area contributed by atoms with Crippen molar-refractivity contribution in [3.8, 4) is 0 Å². The Hall–Kier alpha value is -1.00. The summed E-state index contributed by atoms with van der Waals surface area (Å²) in [6.45, 7) is 11.8. The zero-order valence-corrected chi connectivity index (χ0v) is 17.5. The Morgan fingerprint density at radius 3 is 2.30 bits per heavy atom. The third-order valence-corrected chi connectivity index (χ3v) is 7.68. The average molecular weight is 380 g/mol. The van der Waals surface area contributed by atoms with Gasteiger partial charge in [0.25, 0.3) is 0 Å². The summed E-state index contributed by atoms with van der Waals surface area (Å²) in [7, 11) is 0. The maximum atomic E-state index is 14.9. The van der Waals surface area contributed by atoms with Gasteiger partial charge < -0.3 is 0 Å². The SMILES string of the molecule is CCC1CC(CC)(c2cc(F)ccc2F)CC2C1N(CC)OC2(CC)CC. The third kappa shape index (κ3) is 3.23. The number of fused-ring (bicyclic) bond motifs is 1. The highest BCUT2D eigenvalue weighted by atomic mass is 19.1. The molecular formula is C23H35F2NO.